The van der Waals surface area contributed by atoms with E-state index in [4.69, 9.17) is 4.42 Å². The van der Waals surface area contributed by atoms with Crippen molar-refractivity contribution in [2.45, 2.75) is 5.22 Å². The van der Waals surface area contributed by atoms with Gasteiger partial charge in [0.1, 0.15) is 0 Å². The number of hydrogen-bond donors (Lipinski definition) is 1. The Morgan fingerprint density at radius 1 is 1.17 bits per heavy atom. The minimum absolute atomic E-state index is 0.117. The molecule has 0 spiro atoms. The van der Waals surface area contributed by atoms with Gasteiger partial charge in [-0.2, -0.15) is 0 Å². The SMILES string of the molecule is O=C(CSc1ncc(-c2cccc(Br)c2)o1)Nc1ccccc1Br. The standard InChI is InChI=1S/C17H12Br2N2O2S/c18-12-5-3-4-11(8-12)15-9-20-17(23-15)24-10-16(22)21-14-7-2-1-6-13(14)19/h1-9H,10H2,(H,21,22). The molecular formula is C17H12Br2N2O2S. The first-order valence-electron chi connectivity index (χ1n) is 7.01. The van der Waals surface area contributed by atoms with E-state index in [0.717, 1.165) is 20.2 Å². The fourth-order valence-electron chi connectivity index (χ4n) is 1.98. The largest absolute Gasteiger partial charge is 0.431 e. The lowest BCUT2D eigenvalue weighted by atomic mass is 10.2. The van der Waals surface area contributed by atoms with Gasteiger partial charge in [0, 0.05) is 14.5 Å². The molecule has 1 aromatic heterocycles. The summed E-state index contributed by atoms with van der Waals surface area (Å²) in [5, 5.41) is 3.31. The van der Waals surface area contributed by atoms with Gasteiger partial charge in [-0.1, -0.05) is 52.0 Å². The predicted octanol–water partition coefficient (Wildman–Crippen LogP) is 5.60. The van der Waals surface area contributed by atoms with Crippen LogP contribution in [0.2, 0.25) is 0 Å². The van der Waals surface area contributed by atoms with E-state index in [9.17, 15) is 4.79 Å². The molecule has 0 fully saturated rings. The summed E-state index contributed by atoms with van der Waals surface area (Å²) in [6.07, 6.45) is 1.66. The molecule has 0 aliphatic rings. The summed E-state index contributed by atoms with van der Waals surface area (Å²) in [5.41, 5.74) is 1.67. The molecule has 0 aliphatic heterocycles. The van der Waals surface area contributed by atoms with Gasteiger partial charge in [-0.05, 0) is 40.2 Å². The van der Waals surface area contributed by atoms with Crippen molar-refractivity contribution in [3.8, 4) is 11.3 Å². The third kappa shape index (κ3) is 4.49. The van der Waals surface area contributed by atoms with Crippen molar-refractivity contribution in [1.29, 1.82) is 0 Å². The van der Waals surface area contributed by atoms with Crippen molar-refractivity contribution in [2.24, 2.45) is 0 Å². The zero-order valence-electron chi connectivity index (χ0n) is 12.3. The first-order chi connectivity index (χ1) is 11.6. The van der Waals surface area contributed by atoms with Crippen molar-refractivity contribution < 1.29 is 9.21 Å². The number of halogens is 2. The number of carbonyl (C=O) groups excluding carboxylic acids is 1. The number of hydrogen-bond acceptors (Lipinski definition) is 4. The third-order valence-electron chi connectivity index (χ3n) is 3.07. The lowest BCUT2D eigenvalue weighted by molar-refractivity contribution is -0.113. The molecule has 0 bridgehead atoms. The number of carbonyl (C=O) groups is 1. The van der Waals surface area contributed by atoms with E-state index < -0.39 is 0 Å². The van der Waals surface area contributed by atoms with Crippen LogP contribution in [0.3, 0.4) is 0 Å². The van der Waals surface area contributed by atoms with Crippen LogP contribution in [0.4, 0.5) is 5.69 Å². The summed E-state index contributed by atoms with van der Waals surface area (Å²) in [4.78, 5) is 16.2. The highest BCUT2D eigenvalue weighted by Gasteiger charge is 2.11. The van der Waals surface area contributed by atoms with E-state index in [1.807, 2.05) is 48.5 Å². The molecular weight excluding hydrogens is 456 g/mol. The fraction of sp³-hybridized carbons (Fsp3) is 0.0588. The van der Waals surface area contributed by atoms with Crippen molar-refractivity contribution in [2.75, 3.05) is 11.1 Å². The average Bonchev–Trinajstić information content (AvgIpc) is 3.04. The lowest BCUT2D eigenvalue weighted by Crippen LogP contribution is -2.14. The molecule has 0 saturated heterocycles. The van der Waals surface area contributed by atoms with Crippen molar-refractivity contribution >= 4 is 55.2 Å². The van der Waals surface area contributed by atoms with Gasteiger partial charge < -0.3 is 9.73 Å². The summed E-state index contributed by atoms with van der Waals surface area (Å²) in [5.74, 6) is 0.777. The van der Waals surface area contributed by atoms with Gasteiger partial charge in [0.05, 0.1) is 17.6 Å². The van der Waals surface area contributed by atoms with E-state index in [2.05, 4.69) is 42.2 Å². The summed E-state index contributed by atoms with van der Waals surface area (Å²) in [6.45, 7) is 0. The number of para-hydroxylation sites is 1. The molecule has 3 rings (SSSR count). The van der Waals surface area contributed by atoms with Gasteiger partial charge in [0.2, 0.25) is 5.91 Å². The van der Waals surface area contributed by atoms with Crippen LogP contribution in [0.5, 0.6) is 0 Å². The van der Waals surface area contributed by atoms with Gasteiger partial charge in [-0.25, -0.2) is 4.98 Å². The van der Waals surface area contributed by atoms with Gasteiger partial charge in [-0.3, -0.25) is 4.79 Å². The molecule has 0 unspecified atom stereocenters. The highest BCUT2D eigenvalue weighted by Crippen LogP contribution is 2.27. The summed E-state index contributed by atoms with van der Waals surface area (Å²) in [7, 11) is 0. The van der Waals surface area contributed by atoms with Crippen LogP contribution in [-0.2, 0) is 4.79 Å². The Morgan fingerprint density at radius 3 is 2.79 bits per heavy atom. The Labute approximate surface area is 160 Å². The van der Waals surface area contributed by atoms with E-state index >= 15 is 0 Å². The molecule has 0 aliphatic carbocycles. The number of aromatic nitrogens is 1. The Morgan fingerprint density at radius 2 is 2.00 bits per heavy atom. The van der Waals surface area contributed by atoms with Gasteiger partial charge >= 0.3 is 0 Å². The van der Waals surface area contributed by atoms with Crippen LogP contribution in [0, 0.1) is 0 Å². The molecule has 122 valence electrons. The molecule has 1 N–H and O–H groups in total. The quantitative estimate of drug-likeness (QED) is 0.496. The smallest absolute Gasteiger partial charge is 0.256 e. The molecule has 7 heteroatoms. The van der Waals surface area contributed by atoms with E-state index in [1.54, 1.807) is 6.20 Å². The number of benzene rings is 2. The molecule has 0 saturated carbocycles. The van der Waals surface area contributed by atoms with Crippen LogP contribution in [-0.4, -0.2) is 16.6 Å². The number of thioether (sulfide) groups is 1. The number of nitrogens with one attached hydrogen (secondary N) is 1. The summed E-state index contributed by atoms with van der Waals surface area (Å²) >= 11 is 8.09. The molecule has 24 heavy (non-hydrogen) atoms. The van der Waals surface area contributed by atoms with E-state index in [0.29, 0.717) is 11.0 Å². The number of rotatable bonds is 5. The van der Waals surface area contributed by atoms with Gasteiger partial charge in [0.15, 0.2) is 5.76 Å². The van der Waals surface area contributed by atoms with Crippen LogP contribution in [0.25, 0.3) is 11.3 Å². The van der Waals surface area contributed by atoms with Gasteiger partial charge in [-0.15, -0.1) is 0 Å². The number of nitrogens with zero attached hydrogens (tertiary/aromatic N) is 1. The lowest BCUT2D eigenvalue weighted by Gasteiger charge is -2.05. The molecule has 1 amide bonds. The number of amides is 1. The minimum Gasteiger partial charge on any atom is -0.431 e. The molecule has 0 radical (unpaired) electrons. The maximum atomic E-state index is 12.0. The van der Waals surface area contributed by atoms with Gasteiger partial charge in [0.25, 0.3) is 5.22 Å². The second-order valence-electron chi connectivity index (χ2n) is 4.82. The summed E-state index contributed by atoms with van der Waals surface area (Å²) in [6, 6.07) is 15.2. The zero-order valence-corrected chi connectivity index (χ0v) is 16.3. The number of oxazole rings is 1. The maximum Gasteiger partial charge on any atom is 0.256 e. The van der Waals surface area contributed by atoms with Crippen molar-refractivity contribution in [3.05, 3.63) is 63.7 Å². The van der Waals surface area contributed by atoms with E-state index in [-0.39, 0.29) is 11.7 Å². The van der Waals surface area contributed by atoms with Crippen LogP contribution in [0.1, 0.15) is 0 Å². The first kappa shape index (κ1) is 17.3. The normalized spacial score (nSPS) is 10.6. The predicted molar refractivity (Wildman–Crippen MR) is 103 cm³/mol. The Balaban J connectivity index is 1.59. The van der Waals surface area contributed by atoms with Crippen LogP contribution in [0.15, 0.2) is 73.3 Å². The monoisotopic (exact) mass is 466 g/mol. The van der Waals surface area contributed by atoms with Crippen LogP contribution >= 0.6 is 43.6 Å². The Bertz CT molecular complexity index is 867. The summed E-state index contributed by atoms with van der Waals surface area (Å²) < 4.78 is 7.51. The molecule has 2 aromatic carbocycles. The Kier molecular flexibility index (Phi) is 5.76. The van der Waals surface area contributed by atoms with E-state index in [1.165, 1.54) is 11.8 Å². The zero-order chi connectivity index (χ0) is 16.9. The maximum absolute atomic E-state index is 12.0. The Hall–Kier alpha value is -1.57. The third-order valence-corrected chi connectivity index (χ3v) is 5.10. The van der Waals surface area contributed by atoms with Crippen LogP contribution < -0.4 is 5.32 Å². The molecule has 0 atom stereocenters. The number of anilines is 1. The first-order valence-corrected chi connectivity index (χ1v) is 9.58. The second-order valence-corrected chi connectivity index (χ2v) is 7.51. The molecule has 3 aromatic rings. The minimum atomic E-state index is -0.117. The van der Waals surface area contributed by atoms with Crippen molar-refractivity contribution in [3.63, 3.8) is 0 Å². The highest BCUT2D eigenvalue weighted by molar-refractivity contribution is 9.10. The molecule has 4 nitrogen and oxygen atoms in total. The highest BCUT2D eigenvalue weighted by atomic mass is 79.9. The second kappa shape index (κ2) is 8.00. The molecule has 1 heterocycles. The van der Waals surface area contributed by atoms with Crippen molar-refractivity contribution in [1.82, 2.24) is 4.98 Å². The topological polar surface area (TPSA) is 55.1 Å². The average molecular weight is 468 g/mol. The fourth-order valence-corrected chi connectivity index (χ4v) is 3.36.